The van der Waals surface area contributed by atoms with Crippen LogP contribution in [0, 0.1) is 5.41 Å². The Morgan fingerprint density at radius 3 is 1.71 bits per heavy atom. The standard InChI is InChI=1S/C21H26.C6H12O.C5H10O2/c1-16-14-21(4,19-13-9-8-12-18(16)19)15-20(2,3)17-10-6-5-7-11-17;1-5(7)6(2,3)4;1-4(6)5(2,3)7/h5-13,16H,14-15H2,1-4H3;1-4H3;7H,1-3H3. The minimum absolute atomic E-state index is 0.139. The molecule has 0 aliphatic heterocycles. The molecule has 3 nitrogen and oxygen atoms in total. The van der Waals surface area contributed by atoms with Crippen molar-refractivity contribution >= 4 is 11.6 Å². The maximum absolute atomic E-state index is 10.5. The summed E-state index contributed by atoms with van der Waals surface area (Å²) in [6, 6.07) is 20.0. The number of rotatable bonds is 4. The van der Waals surface area contributed by atoms with Gasteiger partial charge in [-0.3, -0.25) is 9.59 Å². The lowest BCUT2D eigenvalue weighted by Crippen LogP contribution is -2.30. The minimum atomic E-state index is -1.14. The number of benzene rings is 2. The third kappa shape index (κ3) is 9.04. The van der Waals surface area contributed by atoms with E-state index in [-0.39, 0.29) is 27.8 Å². The number of Topliss-reactive ketones (excluding diaryl/α,β-unsaturated/α-hetero) is 2. The predicted molar refractivity (Wildman–Crippen MR) is 148 cm³/mol. The topological polar surface area (TPSA) is 54.4 Å². The van der Waals surface area contributed by atoms with Gasteiger partial charge in [-0.1, -0.05) is 103 Å². The van der Waals surface area contributed by atoms with E-state index >= 15 is 0 Å². The lowest BCUT2D eigenvalue weighted by atomic mass is 9.68. The van der Waals surface area contributed by atoms with Gasteiger partial charge in [0.2, 0.25) is 0 Å². The zero-order valence-corrected chi connectivity index (χ0v) is 24.0. The molecule has 2 unspecified atom stereocenters. The zero-order chi connectivity index (χ0) is 27.2. The fourth-order valence-corrected chi connectivity index (χ4v) is 4.51. The summed E-state index contributed by atoms with van der Waals surface area (Å²) in [6.45, 7) is 21.3. The van der Waals surface area contributed by atoms with E-state index < -0.39 is 5.60 Å². The van der Waals surface area contributed by atoms with Gasteiger partial charge in [-0.15, -0.1) is 0 Å². The smallest absolute Gasteiger partial charge is 0.160 e. The summed E-state index contributed by atoms with van der Waals surface area (Å²) in [5.74, 6) is 0.720. The van der Waals surface area contributed by atoms with Crippen LogP contribution in [0.25, 0.3) is 0 Å². The number of hydrogen-bond acceptors (Lipinski definition) is 3. The van der Waals surface area contributed by atoms with Crippen LogP contribution in [-0.2, 0) is 20.4 Å². The molecule has 2 aromatic rings. The fourth-order valence-electron chi connectivity index (χ4n) is 4.51. The quantitative estimate of drug-likeness (QED) is 0.486. The van der Waals surface area contributed by atoms with Crippen molar-refractivity contribution in [3.05, 3.63) is 71.3 Å². The van der Waals surface area contributed by atoms with Crippen molar-refractivity contribution in [3.8, 4) is 0 Å². The Bertz CT molecular complexity index is 950. The van der Waals surface area contributed by atoms with Crippen LogP contribution in [0.1, 0.15) is 112 Å². The van der Waals surface area contributed by atoms with Crippen molar-refractivity contribution in [2.75, 3.05) is 0 Å². The molecule has 0 saturated carbocycles. The van der Waals surface area contributed by atoms with Crippen LogP contribution in [0.4, 0.5) is 0 Å². The molecule has 2 aromatic carbocycles. The Labute approximate surface area is 214 Å². The van der Waals surface area contributed by atoms with Gasteiger partial charge in [0.15, 0.2) is 5.78 Å². The average molecular weight is 481 g/mol. The van der Waals surface area contributed by atoms with Gasteiger partial charge in [0.25, 0.3) is 0 Å². The highest BCUT2D eigenvalue weighted by Gasteiger charge is 2.42. The van der Waals surface area contributed by atoms with E-state index in [0.717, 1.165) is 0 Å². The zero-order valence-electron chi connectivity index (χ0n) is 24.0. The van der Waals surface area contributed by atoms with Gasteiger partial charge < -0.3 is 5.11 Å². The van der Waals surface area contributed by atoms with E-state index in [1.54, 1.807) is 18.1 Å². The van der Waals surface area contributed by atoms with E-state index in [9.17, 15) is 9.59 Å². The van der Waals surface area contributed by atoms with E-state index in [0.29, 0.717) is 5.92 Å². The van der Waals surface area contributed by atoms with Crippen LogP contribution in [0.15, 0.2) is 54.6 Å². The number of carbonyl (C=O) groups is 2. The molecule has 3 heteroatoms. The van der Waals surface area contributed by atoms with Gasteiger partial charge in [0.05, 0.1) is 0 Å². The van der Waals surface area contributed by atoms with Gasteiger partial charge >= 0.3 is 0 Å². The normalized spacial score (nSPS) is 19.5. The van der Waals surface area contributed by atoms with E-state index in [1.165, 1.54) is 39.2 Å². The molecule has 1 aliphatic carbocycles. The molecule has 1 aliphatic rings. The first-order valence-corrected chi connectivity index (χ1v) is 12.7. The number of aliphatic hydroxyl groups is 1. The van der Waals surface area contributed by atoms with E-state index in [1.807, 2.05) is 20.8 Å². The SMILES string of the molecule is CC(=O)C(C)(C)C.CC(=O)C(C)(C)O.CC1CC(C)(CC(C)(C)c2ccccc2)c2ccccc21. The third-order valence-electron chi connectivity index (χ3n) is 7.20. The fraction of sp³-hybridized carbons (Fsp3) is 0.562. The van der Waals surface area contributed by atoms with E-state index in [2.05, 4.69) is 82.3 Å². The molecule has 0 bridgehead atoms. The number of fused-ring (bicyclic) bond motifs is 1. The lowest BCUT2D eigenvalue weighted by molar-refractivity contribution is -0.131. The molecule has 0 fully saturated rings. The van der Waals surface area contributed by atoms with Crippen molar-refractivity contribution in [1.29, 1.82) is 0 Å². The van der Waals surface area contributed by atoms with Gasteiger partial charge in [-0.25, -0.2) is 0 Å². The number of carbonyl (C=O) groups excluding carboxylic acids is 2. The molecule has 0 saturated heterocycles. The maximum atomic E-state index is 10.5. The molecule has 0 radical (unpaired) electrons. The Kier molecular flexibility index (Phi) is 10.2. The summed E-state index contributed by atoms with van der Waals surface area (Å²) >= 11 is 0. The lowest BCUT2D eigenvalue weighted by Gasteiger charge is -2.36. The Morgan fingerprint density at radius 1 is 0.857 bits per heavy atom. The van der Waals surface area contributed by atoms with Crippen LogP contribution < -0.4 is 0 Å². The van der Waals surface area contributed by atoms with Crippen LogP contribution >= 0.6 is 0 Å². The predicted octanol–water partition coefficient (Wildman–Crippen LogP) is 7.79. The van der Waals surface area contributed by atoms with Crippen molar-refractivity contribution in [1.82, 2.24) is 0 Å². The van der Waals surface area contributed by atoms with Gasteiger partial charge in [-0.05, 0) is 74.0 Å². The summed E-state index contributed by atoms with van der Waals surface area (Å²) in [4.78, 5) is 20.7. The minimum Gasteiger partial charge on any atom is -0.383 e. The second-order valence-corrected chi connectivity index (χ2v) is 12.6. The summed E-state index contributed by atoms with van der Waals surface area (Å²) < 4.78 is 0. The highest BCUT2D eigenvalue weighted by atomic mass is 16.3. The summed E-state index contributed by atoms with van der Waals surface area (Å²) in [5, 5.41) is 8.75. The molecular weight excluding hydrogens is 432 g/mol. The molecule has 35 heavy (non-hydrogen) atoms. The molecule has 194 valence electrons. The number of hydrogen-bond donors (Lipinski definition) is 1. The Morgan fingerprint density at radius 2 is 1.29 bits per heavy atom. The van der Waals surface area contributed by atoms with Crippen molar-refractivity contribution in [3.63, 3.8) is 0 Å². The van der Waals surface area contributed by atoms with Crippen molar-refractivity contribution in [2.24, 2.45) is 5.41 Å². The first-order chi connectivity index (χ1) is 15.8. The molecule has 0 heterocycles. The summed E-state index contributed by atoms with van der Waals surface area (Å²) in [7, 11) is 0. The molecule has 3 rings (SSSR count). The van der Waals surface area contributed by atoms with Gasteiger partial charge in [0, 0.05) is 5.41 Å². The van der Waals surface area contributed by atoms with Gasteiger partial charge in [-0.2, -0.15) is 0 Å². The Hall–Kier alpha value is -2.26. The van der Waals surface area contributed by atoms with Crippen LogP contribution in [0.2, 0.25) is 0 Å². The highest BCUT2D eigenvalue weighted by Crippen LogP contribution is 2.51. The monoisotopic (exact) mass is 480 g/mol. The van der Waals surface area contributed by atoms with Crippen LogP contribution in [0.5, 0.6) is 0 Å². The average Bonchev–Trinajstić information content (AvgIpc) is 2.98. The van der Waals surface area contributed by atoms with Crippen molar-refractivity contribution < 1.29 is 14.7 Å². The van der Waals surface area contributed by atoms with Crippen LogP contribution in [-0.4, -0.2) is 22.3 Å². The largest absolute Gasteiger partial charge is 0.383 e. The first-order valence-electron chi connectivity index (χ1n) is 12.7. The third-order valence-corrected chi connectivity index (χ3v) is 7.20. The second-order valence-electron chi connectivity index (χ2n) is 12.6. The highest BCUT2D eigenvalue weighted by molar-refractivity contribution is 5.83. The first kappa shape index (κ1) is 30.8. The summed E-state index contributed by atoms with van der Waals surface area (Å²) in [5.41, 5.74) is 3.79. The number of ketones is 2. The Balaban J connectivity index is 0.000000362. The van der Waals surface area contributed by atoms with Crippen molar-refractivity contribution in [2.45, 2.75) is 111 Å². The maximum Gasteiger partial charge on any atom is 0.160 e. The van der Waals surface area contributed by atoms with E-state index in [4.69, 9.17) is 5.11 Å². The molecular formula is C32H48O3. The van der Waals surface area contributed by atoms with Gasteiger partial charge in [0.1, 0.15) is 11.4 Å². The molecule has 0 spiro atoms. The summed E-state index contributed by atoms with van der Waals surface area (Å²) in [6.07, 6.45) is 2.47. The second kappa shape index (κ2) is 11.6. The molecule has 0 amide bonds. The molecule has 0 aromatic heterocycles. The van der Waals surface area contributed by atoms with Crippen LogP contribution in [0.3, 0.4) is 0 Å². The molecule has 1 N–H and O–H groups in total. The molecule has 2 atom stereocenters.